The molecule has 0 spiro atoms. The van der Waals surface area contributed by atoms with Crippen molar-refractivity contribution in [2.75, 3.05) is 18.2 Å². The summed E-state index contributed by atoms with van der Waals surface area (Å²) in [7, 11) is -1.79. The highest BCUT2D eigenvalue weighted by molar-refractivity contribution is 7.91. The first-order valence-electron chi connectivity index (χ1n) is 13.3. The summed E-state index contributed by atoms with van der Waals surface area (Å²) in [5.74, 6) is 1.23. The van der Waals surface area contributed by atoms with Crippen molar-refractivity contribution in [3.05, 3.63) is 52.1 Å². The smallest absolute Gasteiger partial charge is 0.295 e. The Kier molecular flexibility index (Phi) is 7.49. The van der Waals surface area contributed by atoms with Crippen LogP contribution < -0.4 is 15.6 Å². The molecule has 1 saturated carbocycles. The highest BCUT2D eigenvalue weighted by atomic mass is 32.2. The average molecular weight is 565 g/mol. The van der Waals surface area contributed by atoms with E-state index in [1.165, 1.54) is 18.6 Å². The van der Waals surface area contributed by atoms with Gasteiger partial charge in [-0.2, -0.15) is 0 Å². The monoisotopic (exact) mass is 564 g/mol. The lowest BCUT2D eigenvalue weighted by Crippen LogP contribution is -2.29. The van der Waals surface area contributed by atoms with E-state index < -0.39 is 9.84 Å². The molecule has 0 bridgehead atoms. The predicted octanol–water partition coefficient (Wildman–Crippen LogP) is 3.61. The number of nitrogens with zero attached hydrogens (tertiary/aromatic N) is 7. The molecule has 1 N–H and O–H groups in total. The summed E-state index contributed by atoms with van der Waals surface area (Å²) in [5, 5.41) is 3.09. The third kappa shape index (κ3) is 5.12. The maximum Gasteiger partial charge on any atom is 0.295 e. The molecule has 40 heavy (non-hydrogen) atoms. The molecule has 4 heterocycles. The van der Waals surface area contributed by atoms with Gasteiger partial charge in [-0.3, -0.25) is 14.3 Å². The van der Waals surface area contributed by atoms with Gasteiger partial charge in [0.05, 0.1) is 41.4 Å². The highest BCUT2D eigenvalue weighted by Gasteiger charge is 2.32. The molecule has 0 radical (unpaired) electrons. The zero-order chi connectivity index (χ0) is 28.6. The van der Waals surface area contributed by atoms with Gasteiger partial charge in [0.15, 0.2) is 27.1 Å². The molecule has 4 aromatic heterocycles. The highest BCUT2D eigenvalue weighted by Crippen LogP contribution is 2.45. The lowest BCUT2D eigenvalue weighted by molar-refractivity contribution is 0.397. The second kappa shape index (κ2) is 10.9. The number of hydrogen-bond acceptors (Lipinski definition) is 11. The van der Waals surface area contributed by atoms with E-state index in [2.05, 4.69) is 25.3 Å². The fraction of sp³-hybridized carbons (Fsp3) is 0.444. The van der Waals surface area contributed by atoms with Gasteiger partial charge in [0.25, 0.3) is 5.56 Å². The van der Waals surface area contributed by atoms with E-state index in [0.29, 0.717) is 52.2 Å². The van der Waals surface area contributed by atoms with Crippen LogP contribution in [-0.2, 0) is 16.4 Å². The minimum absolute atomic E-state index is 0.00243. The van der Waals surface area contributed by atoms with E-state index >= 15 is 0 Å². The van der Waals surface area contributed by atoms with Crippen molar-refractivity contribution in [1.82, 2.24) is 34.5 Å². The molecule has 13 heteroatoms. The Morgan fingerprint density at radius 3 is 2.52 bits per heavy atom. The molecule has 0 amide bonds. The first-order valence-corrected chi connectivity index (χ1v) is 14.9. The summed E-state index contributed by atoms with van der Waals surface area (Å²) in [5.41, 5.74) is 3.25. The number of nitrogens with one attached hydrogen (secondary N) is 1. The van der Waals surface area contributed by atoms with E-state index in [4.69, 9.17) is 14.7 Å². The number of methoxy groups -OCH3 is 1. The van der Waals surface area contributed by atoms with Crippen molar-refractivity contribution in [2.45, 2.75) is 70.4 Å². The van der Waals surface area contributed by atoms with Gasteiger partial charge in [0, 0.05) is 18.2 Å². The van der Waals surface area contributed by atoms with Gasteiger partial charge in [0.2, 0.25) is 5.88 Å². The molecule has 0 saturated heterocycles. The summed E-state index contributed by atoms with van der Waals surface area (Å²) < 4.78 is 31.4. The molecule has 0 aliphatic heterocycles. The van der Waals surface area contributed by atoms with Crippen LogP contribution in [-0.4, -0.2) is 55.8 Å². The Hall–Kier alpha value is -4.00. The molecule has 0 unspecified atom stereocenters. The number of ether oxygens (including phenoxy) is 1. The van der Waals surface area contributed by atoms with Crippen LogP contribution in [0, 0.1) is 6.92 Å². The van der Waals surface area contributed by atoms with Crippen molar-refractivity contribution in [1.29, 1.82) is 0 Å². The van der Waals surface area contributed by atoms with Crippen LogP contribution in [0.3, 0.4) is 0 Å². The van der Waals surface area contributed by atoms with Crippen molar-refractivity contribution in [2.24, 2.45) is 0 Å². The zero-order valence-corrected chi connectivity index (χ0v) is 24.0. The average Bonchev–Trinajstić information content (AvgIpc) is 3.81. The van der Waals surface area contributed by atoms with Gasteiger partial charge < -0.3 is 10.1 Å². The first-order chi connectivity index (χ1) is 19.2. The van der Waals surface area contributed by atoms with Crippen molar-refractivity contribution >= 4 is 26.8 Å². The summed E-state index contributed by atoms with van der Waals surface area (Å²) >= 11 is 0. The predicted molar refractivity (Wildman–Crippen MR) is 150 cm³/mol. The molecule has 5 rings (SSSR count). The van der Waals surface area contributed by atoms with Gasteiger partial charge >= 0.3 is 0 Å². The van der Waals surface area contributed by atoms with Crippen LogP contribution in [0.15, 0.2) is 34.3 Å². The first kappa shape index (κ1) is 27.6. The number of anilines is 1. The Morgan fingerprint density at radius 1 is 1.12 bits per heavy atom. The molecule has 12 nitrogen and oxygen atoms in total. The lowest BCUT2D eigenvalue weighted by Gasteiger charge is -2.19. The van der Waals surface area contributed by atoms with Gasteiger partial charge in [-0.25, -0.2) is 33.3 Å². The molecule has 1 aliphatic carbocycles. The van der Waals surface area contributed by atoms with E-state index in [1.54, 1.807) is 24.7 Å². The van der Waals surface area contributed by atoms with Crippen LogP contribution in [0.4, 0.5) is 5.82 Å². The van der Waals surface area contributed by atoms with Crippen molar-refractivity contribution in [3.8, 4) is 17.3 Å². The van der Waals surface area contributed by atoms with Crippen LogP contribution in [0.25, 0.3) is 22.6 Å². The third-order valence-corrected chi connectivity index (χ3v) is 8.86. The normalized spacial score (nSPS) is 14.3. The zero-order valence-electron chi connectivity index (χ0n) is 23.2. The summed E-state index contributed by atoms with van der Waals surface area (Å²) in [4.78, 5) is 41.2. The third-order valence-electron chi connectivity index (χ3n) is 7.14. The Bertz CT molecular complexity index is 1730. The number of sulfone groups is 1. The fourth-order valence-electron chi connectivity index (χ4n) is 4.49. The molecule has 4 aromatic rings. The molecular weight excluding hydrogens is 532 g/mol. The van der Waals surface area contributed by atoms with Gasteiger partial charge in [-0.15, -0.1) is 0 Å². The van der Waals surface area contributed by atoms with Crippen molar-refractivity contribution < 1.29 is 13.2 Å². The van der Waals surface area contributed by atoms with E-state index in [-0.39, 0.29) is 34.6 Å². The molecule has 1 fully saturated rings. The molecule has 0 aromatic carbocycles. The minimum Gasteiger partial charge on any atom is -0.480 e. The van der Waals surface area contributed by atoms with E-state index in [1.807, 2.05) is 20.8 Å². The fourth-order valence-corrected chi connectivity index (χ4v) is 5.31. The number of pyridine rings is 1. The van der Waals surface area contributed by atoms with Crippen molar-refractivity contribution in [3.63, 3.8) is 0 Å². The largest absolute Gasteiger partial charge is 0.480 e. The molecule has 1 atom stereocenters. The summed E-state index contributed by atoms with van der Waals surface area (Å²) in [6, 6.07) is 2.97. The van der Waals surface area contributed by atoms with Gasteiger partial charge in [-0.1, -0.05) is 13.8 Å². The second-order valence-corrected chi connectivity index (χ2v) is 12.1. The number of rotatable bonds is 10. The van der Waals surface area contributed by atoms with Gasteiger partial charge in [-0.05, 0) is 45.2 Å². The molecular formula is C27H32N8O4S. The standard InChI is InChI=1S/C27H32N8O4S/c1-6-15(3)35-25-21(16(4)32-23(34-25)20-22(17-8-9-17)30-14-31-26(20)39-5)33-24(27(35)36)29-12-18-10-11-19(13-28-18)40(37,38)7-2/h10-11,13-15,17H,6-9,12H2,1-5H3,(H,29,33)/t15-/m0/s1. The maximum atomic E-state index is 13.7. The van der Waals surface area contributed by atoms with Crippen LogP contribution in [0.1, 0.15) is 69.1 Å². The second-order valence-electron chi connectivity index (χ2n) is 9.86. The van der Waals surface area contributed by atoms with Crippen LogP contribution in [0.5, 0.6) is 5.88 Å². The Labute approximate surface area is 232 Å². The number of aromatic nitrogens is 7. The number of fused-ring (bicyclic) bond motifs is 1. The summed E-state index contributed by atoms with van der Waals surface area (Å²) in [6.45, 7) is 7.56. The Balaban J connectivity index is 1.58. The molecule has 210 valence electrons. The number of aryl methyl sites for hydroxylation is 1. The topological polar surface area (TPSA) is 155 Å². The maximum absolute atomic E-state index is 13.7. The number of hydrogen-bond donors (Lipinski definition) is 1. The van der Waals surface area contributed by atoms with Crippen LogP contribution in [0.2, 0.25) is 0 Å². The SMILES string of the molecule is CC[C@H](C)n1c(=O)c(NCc2ccc(S(=O)(=O)CC)cn2)nc2c(C)nc(-c3c(OC)ncnc3C3CC3)nc21. The Morgan fingerprint density at radius 2 is 1.90 bits per heavy atom. The van der Waals surface area contributed by atoms with Gasteiger partial charge in [0.1, 0.15) is 17.4 Å². The lowest BCUT2D eigenvalue weighted by atomic mass is 10.1. The molecule has 1 aliphatic rings. The van der Waals surface area contributed by atoms with E-state index in [0.717, 1.165) is 18.5 Å². The minimum atomic E-state index is -3.35. The van der Waals surface area contributed by atoms with E-state index in [9.17, 15) is 13.2 Å². The summed E-state index contributed by atoms with van der Waals surface area (Å²) in [6.07, 6.45) is 5.57. The van der Waals surface area contributed by atoms with Crippen LogP contribution >= 0.6 is 0 Å². The quantitative estimate of drug-likeness (QED) is 0.300.